The van der Waals surface area contributed by atoms with Gasteiger partial charge in [-0.25, -0.2) is 0 Å². The molecule has 29 heavy (non-hydrogen) atoms. The number of nitrogens with one attached hydrogen (secondary N) is 3. The number of hydrogen-bond donors (Lipinski definition) is 4. The number of amides is 1. The molecule has 4 N–H and O–H groups in total. The van der Waals surface area contributed by atoms with Crippen molar-refractivity contribution in [1.29, 1.82) is 0 Å². The smallest absolute Gasteiger partial charge is 0.226 e. The van der Waals surface area contributed by atoms with Gasteiger partial charge in [0.05, 0.1) is 13.2 Å². The van der Waals surface area contributed by atoms with Crippen LogP contribution in [0.25, 0.3) is 0 Å². The molecule has 1 aliphatic rings. The zero-order valence-corrected chi connectivity index (χ0v) is 20.2. The second-order valence-electron chi connectivity index (χ2n) is 7.11. The molecule has 2 rings (SSSR count). The summed E-state index contributed by atoms with van der Waals surface area (Å²) in [7, 11) is 0. The van der Waals surface area contributed by atoms with Crippen LogP contribution >= 0.6 is 35.6 Å². The van der Waals surface area contributed by atoms with Gasteiger partial charge in [-0.1, -0.05) is 17.7 Å². The van der Waals surface area contributed by atoms with Crippen molar-refractivity contribution >= 4 is 53.1 Å². The highest BCUT2D eigenvalue weighted by Gasteiger charge is 2.34. The molecule has 0 aliphatic carbocycles. The van der Waals surface area contributed by atoms with Gasteiger partial charge in [-0.15, -0.1) is 24.0 Å². The molecular weight excluding hydrogens is 507 g/mol. The topological polar surface area (TPSA) is 95.0 Å². The lowest BCUT2D eigenvalue weighted by Crippen LogP contribution is -2.40. The van der Waals surface area contributed by atoms with E-state index in [1.165, 1.54) is 0 Å². The summed E-state index contributed by atoms with van der Waals surface area (Å²) in [6.07, 6.45) is 1.89. The normalized spacial score (nSPS) is 18.8. The second kappa shape index (κ2) is 13.3. The summed E-state index contributed by atoms with van der Waals surface area (Å²) in [6.45, 7) is 7.10. The Kier molecular flexibility index (Phi) is 11.9. The molecule has 1 atom stereocenters. The van der Waals surface area contributed by atoms with Crippen LogP contribution in [0.15, 0.2) is 23.2 Å². The van der Waals surface area contributed by atoms with E-state index in [1.54, 1.807) is 6.07 Å². The average Bonchev–Trinajstić information content (AvgIpc) is 3.13. The van der Waals surface area contributed by atoms with Crippen LogP contribution in [0.4, 0.5) is 5.69 Å². The van der Waals surface area contributed by atoms with Crippen LogP contribution in [0, 0.1) is 12.3 Å². The van der Waals surface area contributed by atoms with E-state index in [-0.39, 0.29) is 41.9 Å². The molecule has 1 aliphatic heterocycles. The van der Waals surface area contributed by atoms with Crippen molar-refractivity contribution in [2.45, 2.75) is 33.1 Å². The van der Waals surface area contributed by atoms with E-state index in [1.807, 2.05) is 26.0 Å². The van der Waals surface area contributed by atoms with Crippen LogP contribution in [0.3, 0.4) is 0 Å². The first-order valence-corrected chi connectivity index (χ1v) is 10.1. The van der Waals surface area contributed by atoms with E-state index < -0.39 is 0 Å². The molecule has 1 unspecified atom stereocenters. The molecule has 7 nitrogen and oxygen atoms in total. The van der Waals surface area contributed by atoms with Crippen molar-refractivity contribution in [1.82, 2.24) is 10.6 Å². The number of benzene rings is 1. The highest BCUT2D eigenvalue weighted by molar-refractivity contribution is 14.0. The highest BCUT2D eigenvalue weighted by Crippen LogP contribution is 2.32. The van der Waals surface area contributed by atoms with Crippen molar-refractivity contribution in [2.75, 3.05) is 44.8 Å². The minimum Gasteiger partial charge on any atom is -0.396 e. The number of aliphatic imine (C=N–C) groups is 1. The molecule has 1 saturated heterocycles. The summed E-state index contributed by atoms with van der Waals surface area (Å²) in [6, 6.07) is 5.45. The lowest BCUT2D eigenvalue weighted by Gasteiger charge is -2.24. The number of hydrogen-bond acceptors (Lipinski definition) is 4. The molecule has 0 bridgehead atoms. The zero-order valence-electron chi connectivity index (χ0n) is 17.1. The molecule has 9 heteroatoms. The fourth-order valence-corrected chi connectivity index (χ4v) is 3.30. The van der Waals surface area contributed by atoms with E-state index in [2.05, 4.69) is 20.9 Å². The van der Waals surface area contributed by atoms with Gasteiger partial charge in [0.1, 0.15) is 0 Å². The molecule has 1 heterocycles. The molecular formula is C20H32ClIN4O3. The molecule has 1 aromatic carbocycles. The van der Waals surface area contributed by atoms with Gasteiger partial charge in [-0.3, -0.25) is 9.79 Å². The molecule has 0 saturated carbocycles. The monoisotopic (exact) mass is 538 g/mol. The summed E-state index contributed by atoms with van der Waals surface area (Å²) < 4.78 is 5.51. The van der Waals surface area contributed by atoms with Crippen LogP contribution in [0.2, 0.25) is 5.02 Å². The molecule has 0 radical (unpaired) electrons. The van der Waals surface area contributed by atoms with Crippen molar-refractivity contribution in [2.24, 2.45) is 10.4 Å². The van der Waals surface area contributed by atoms with Gasteiger partial charge in [-0.05, 0) is 44.4 Å². The SMILES string of the molecule is CCNC(=NCC1(CCO)CCOC1)NCCC(=O)Nc1cccc(Cl)c1C.I. The van der Waals surface area contributed by atoms with E-state index >= 15 is 0 Å². The van der Waals surface area contributed by atoms with Crippen LogP contribution < -0.4 is 16.0 Å². The molecule has 1 fully saturated rings. The van der Waals surface area contributed by atoms with Gasteiger partial charge in [0.25, 0.3) is 0 Å². The first-order chi connectivity index (χ1) is 13.5. The van der Waals surface area contributed by atoms with E-state index in [9.17, 15) is 9.90 Å². The first-order valence-electron chi connectivity index (χ1n) is 9.75. The van der Waals surface area contributed by atoms with Crippen molar-refractivity contribution in [3.63, 3.8) is 0 Å². The number of carbonyl (C=O) groups excluding carboxylic acids is 1. The fourth-order valence-electron chi connectivity index (χ4n) is 3.13. The summed E-state index contributed by atoms with van der Waals surface area (Å²) in [5, 5.41) is 19.2. The van der Waals surface area contributed by atoms with Gasteiger partial charge in [0, 0.05) is 48.8 Å². The highest BCUT2D eigenvalue weighted by atomic mass is 127. The Morgan fingerprint density at radius 3 is 2.83 bits per heavy atom. The Morgan fingerprint density at radius 2 is 2.17 bits per heavy atom. The van der Waals surface area contributed by atoms with Crippen molar-refractivity contribution in [3.05, 3.63) is 28.8 Å². The first kappa shape index (κ1) is 25.9. The summed E-state index contributed by atoms with van der Waals surface area (Å²) in [4.78, 5) is 16.9. The number of rotatable bonds is 9. The van der Waals surface area contributed by atoms with Gasteiger partial charge in [-0.2, -0.15) is 0 Å². The lowest BCUT2D eigenvalue weighted by molar-refractivity contribution is -0.116. The molecule has 0 aromatic heterocycles. The Bertz CT molecular complexity index is 682. The van der Waals surface area contributed by atoms with Gasteiger partial charge < -0.3 is 25.8 Å². The number of aliphatic hydroxyl groups excluding tert-OH is 1. The number of halogens is 2. The molecule has 1 amide bonds. The maximum absolute atomic E-state index is 12.2. The minimum absolute atomic E-state index is 0. The second-order valence-corrected chi connectivity index (χ2v) is 7.52. The standard InChI is InChI=1S/C20H31ClN4O3.HI/c1-3-22-19(24-13-20(8-11-26)9-12-28-14-20)23-10-7-18(27)25-17-6-4-5-16(21)15(17)2;/h4-6,26H,3,7-14H2,1-2H3,(H,25,27)(H2,22,23,24);1H. The van der Waals surface area contributed by atoms with E-state index in [4.69, 9.17) is 16.3 Å². The predicted octanol–water partition coefficient (Wildman–Crippen LogP) is 2.94. The number of nitrogens with zero attached hydrogens (tertiary/aromatic N) is 1. The third-order valence-corrected chi connectivity index (χ3v) is 5.34. The lowest BCUT2D eigenvalue weighted by atomic mass is 9.84. The minimum atomic E-state index is -0.0986. The largest absolute Gasteiger partial charge is 0.396 e. The Labute approximate surface area is 195 Å². The molecule has 164 valence electrons. The fraction of sp³-hybridized carbons (Fsp3) is 0.600. The third-order valence-electron chi connectivity index (χ3n) is 4.93. The van der Waals surface area contributed by atoms with Gasteiger partial charge in [0.15, 0.2) is 5.96 Å². The van der Waals surface area contributed by atoms with Crippen LogP contribution in [-0.2, 0) is 9.53 Å². The third kappa shape index (κ3) is 8.27. The van der Waals surface area contributed by atoms with Gasteiger partial charge >= 0.3 is 0 Å². The number of anilines is 1. The maximum Gasteiger partial charge on any atom is 0.226 e. The predicted molar refractivity (Wildman–Crippen MR) is 128 cm³/mol. The van der Waals surface area contributed by atoms with E-state index in [0.717, 1.165) is 24.2 Å². The summed E-state index contributed by atoms with van der Waals surface area (Å²) >= 11 is 6.09. The quantitative estimate of drug-likeness (QED) is 0.220. The Balaban J connectivity index is 0.00000420. The molecule has 0 spiro atoms. The van der Waals surface area contributed by atoms with Gasteiger partial charge in [0.2, 0.25) is 5.91 Å². The summed E-state index contributed by atoms with van der Waals surface area (Å²) in [5.74, 6) is 0.577. The Morgan fingerprint density at radius 1 is 1.38 bits per heavy atom. The van der Waals surface area contributed by atoms with Crippen LogP contribution in [0.1, 0.15) is 31.7 Å². The van der Waals surface area contributed by atoms with Crippen molar-refractivity contribution < 1.29 is 14.6 Å². The number of ether oxygens (including phenoxy) is 1. The van der Waals surface area contributed by atoms with E-state index in [0.29, 0.717) is 50.1 Å². The number of aliphatic hydroxyl groups is 1. The van der Waals surface area contributed by atoms with Crippen molar-refractivity contribution in [3.8, 4) is 0 Å². The summed E-state index contributed by atoms with van der Waals surface area (Å²) in [5.41, 5.74) is 1.48. The average molecular weight is 539 g/mol. The number of guanidine groups is 1. The van der Waals surface area contributed by atoms with Crippen LogP contribution in [0.5, 0.6) is 0 Å². The number of carbonyl (C=O) groups is 1. The zero-order chi connectivity index (χ0) is 20.4. The Hall–Kier alpha value is -1.10. The van der Waals surface area contributed by atoms with Crippen LogP contribution in [-0.4, -0.2) is 56.4 Å². The maximum atomic E-state index is 12.2. The molecule has 1 aromatic rings.